The lowest BCUT2D eigenvalue weighted by Crippen LogP contribution is -2.25. The molecule has 0 saturated heterocycles. The normalized spacial score (nSPS) is 15.6. The smallest absolute Gasteiger partial charge is 0.163 e. The van der Waals surface area contributed by atoms with Crippen molar-refractivity contribution in [3.8, 4) is 6.07 Å². The number of nitriles is 1. The molecule has 0 radical (unpaired) electrons. The van der Waals surface area contributed by atoms with Crippen molar-refractivity contribution in [2.45, 2.75) is 57.9 Å². The highest BCUT2D eigenvalue weighted by Gasteiger charge is 2.25. The quantitative estimate of drug-likeness (QED) is 0.935. The maximum atomic E-state index is 8.81. The van der Waals surface area contributed by atoms with Crippen molar-refractivity contribution in [3.05, 3.63) is 29.6 Å². The van der Waals surface area contributed by atoms with Crippen molar-refractivity contribution in [2.24, 2.45) is 0 Å². The fourth-order valence-corrected chi connectivity index (χ4v) is 3.01. The van der Waals surface area contributed by atoms with Crippen LogP contribution in [0.2, 0.25) is 0 Å². The number of nitrogens with zero attached hydrogens (tertiary/aromatic N) is 5. The zero-order valence-electron chi connectivity index (χ0n) is 13.9. The minimum atomic E-state index is -0.126. The van der Waals surface area contributed by atoms with E-state index in [1.807, 2.05) is 10.8 Å². The van der Waals surface area contributed by atoms with E-state index < -0.39 is 0 Å². The fourth-order valence-electron chi connectivity index (χ4n) is 3.01. The van der Waals surface area contributed by atoms with E-state index in [1.165, 1.54) is 25.7 Å². The minimum absolute atomic E-state index is 0.126. The molecule has 2 heterocycles. The van der Waals surface area contributed by atoms with Crippen LogP contribution in [0.3, 0.4) is 0 Å². The van der Waals surface area contributed by atoms with Gasteiger partial charge in [-0.15, -0.1) is 10.2 Å². The highest BCUT2D eigenvalue weighted by Crippen LogP contribution is 2.36. The van der Waals surface area contributed by atoms with Crippen molar-refractivity contribution in [2.75, 3.05) is 5.32 Å². The molecule has 0 amide bonds. The third kappa shape index (κ3) is 3.34. The first kappa shape index (κ1) is 15.5. The molecule has 2 aromatic rings. The van der Waals surface area contributed by atoms with Gasteiger partial charge in [-0.2, -0.15) is 10.4 Å². The topological polar surface area (TPSA) is 79.4 Å². The van der Waals surface area contributed by atoms with E-state index in [2.05, 4.69) is 42.4 Å². The Morgan fingerprint density at radius 2 is 1.96 bits per heavy atom. The molecule has 0 aliphatic heterocycles. The summed E-state index contributed by atoms with van der Waals surface area (Å²) in [4.78, 5) is 0. The molecular formula is C17H22N6. The number of anilines is 2. The summed E-state index contributed by atoms with van der Waals surface area (Å²) >= 11 is 0. The predicted octanol–water partition coefficient (Wildman–Crippen LogP) is 3.70. The van der Waals surface area contributed by atoms with Crippen LogP contribution in [0.5, 0.6) is 0 Å². The molecule has 0 bridgehead atoms. The molecule has 1 saturated carbocycles. The molecule has 0 aromatic carbocycles. The van der Waals surface area contributed by atoms with Crippen molar-refractivity contribution >= 4 is 11.6 Å². The lowest BCUT2D eigenvalue weighted by molar-refractivity contribution is 0.357. The van der Waals surface area contributed by atoms with Gasteiger partial charge in [-0.05, 0) is 45.7 Å². The second kappa shape index (κ2) is 5.99. The molecule has 1 aliphatic carbocycles. The highest BCUT2D eigenvalue weighted by molar-refractivity contribution is 5.53. The maximum absolute atomic E-state index is 8.81. The Balaban J connectivity index is 1.91. The molecule has 1 N–H and O–H groups in total. The summed E-state index contributed by atoms with van der Waals surface area (Å²) in [6.07, 6.45) is 5.02. The highest BCUT2D eigenvalue weighted by atomic mass is 15.4. The molecular weight excluding hydrogens is 288 g/mol. The fraction of sp³-hybridized carbons (Fsp3) is 0.529. The zero-order valence-corrected chi connectivity index (χ0v) is 13.9. The first-order valence-corrected chi connectivity index (χ1v) is 8.08. The molecule has 1 fully saturated rings. The summed E-state index contributed by atoms with van der Waals surface area (Å²) in [5.41, 5.74) is 1.34. The molecule has 2 aromatic heterocycles. The van der Waals surface area contributed by atoms with Crippen LogP contribution in [-0.4, -0.2) is 20.0 Å². The van der Waals surface area contributed by atoms with E-state index >= 15 is 0 Å². The van der Waals surface area contributed by atoms with Crippen LogP contribution in [0.15, 0.2) is 18.2 Å². The van der Waals surface area contributed by atoms with Crippen LogP contribution in [0, 0.1) is 11.3 Å². The van der Waals surface area contributed by atoms with Crippen molar-refractivity contribution < 1.29 is 0 Å². The number of aromatic nitrogens is 4. The Hall–Kier alpha value is -2.42. The Labute approximate surface area is 136 Å². The number of hydrogen-bond acceptors (Lipinski definition) is 5. The van der Waals surface area contributed by atoms with E-state index in [9.17, 15) is 0 Å². The second-order valence-electron chi connectivity index (χ2n) is 7.06. The summed E-state index contributed by atoms with van der Waals surface area (Å²) < 4.78 is 2.01. The monoisotopic (exact) mass is 310 g/mol. The van der Waals surface area contributed by atoms with Crippen LogP contribution >= 0.6 is 0 Å². The third-order valence-corrected chi connectivity index (χ3v) is 4.17. The van der Waals surface area contributed by atoms with E-state index in [1.54, 1.807) is 12.1 Å². The molecule has 6 nitrogen and oxygen atoms in total. The number of nitrogens with one attached hydrogen (secondary N) is 1. The van der Waals surface area contributed by atoms with Crippen LogP contribution in [0.25, 0.3) is 0 Å². The van der Waals surface area contributed by atoms with Gasteiger partial charge >= 0.3 is 0 Å². The van der Waals surface area contributed by atoms with Gasteiger partial charge in [-0.25, -0.2) is 4.68 Å². The Kier molecular flexibility index (Phi) is 4.03. The van der Waals surface area contributed by atoms with E-state index in [0.717, 1.165) is 11.5 Å². The first-order valence-electron chi connectivity index (χ1n) is 8.08. The van der Waals surface area contributed by atoms with E-state index in [4.69, 9.17) is 10.4 Å². The lowest BCUT2D eigenvalue weighted by Gasteiger charge is -2.22. The van der Waals surface area contributed by atoms with Crippen LogP contribution < -0.4 is 5.32 Å². The molecule has 0 spiro atoms. The summed E-state index contributed by atoms with van der Waals surface area (Å²) in [7, 11) is 0. The van der Waals surface area contributed by atoms with Gasteiger partial charge < -0.3 is 5.32 Å². The largest absolute Gasteiger partial charge is 0.324 e. The van der Waals surface area contributed by atoms with Gasteiger partial charge in [0.15, 0.2) is 11.5 Å². The molecule has 6 heteroatoms. The van der Waals surface area contributed by atoms with Crippen molar-refractivity contribution in [1.29, 1.82) is 5.26 Å². The first-order chi connectivity index (χ1) is 11.0. The van der Waals surface area contributed by atoms with Crippen LogP contribution in [0.1, 0.15) is 63.8 Å². The maximum Gasteiger partial charge on any atom is 0.163 e. The Morgan fingerprint density at radius 3 is 2.52 bits per heavy atom. The van der Waals surface area contributed by atoms with Crippen molar-refractivity contribution in [3.63, 3.8) is 0 Å². The van der Waals surface area contributed by atoms with Gasteiger partial charge in [0.25, 0.3) is 0 Å². The van der Waals surface area contributed by atoms with Gasteiger partial charge in [0.2, 0.25) is 0 Å². The van der Waals surface area contributed by atoms with Gasteiger partial charge in [-0.3, -0.25) is 0 Å². The number of rotatable bonds is 3. The van der Waals surface area contributed by atoms with Gasteiger partial charge in [-0.1, -0.05) is 12.8 Å². The standard InChI is InChI=1S/C17H22N6/c1-17(2,3)23-16(10-14(22-23)12-6-4-5-7-12)19-15-9-8-13(11-18)20-21-15/h8-10,12H,4-7H2,1-3H3,(H,19,21). The SMILES string of the molecule is CC(C)(C)n1nc(C2CCCC2)cc1Nc1ccc(C#N)nn1. The van der Waals surface area contributed by atoms with Gasteiger partial charge in [0.1, 0.15) is 11.9 Å². The second-order valence-corrected chi connectivity index (χ2v) is 7.06. The Bertz CT molecular complexity index is 711. The van der Waals surface area contributed by atoms with E-state index in [-0.39, 0.29) is 5.54 Å². The number of hydrogen-bond donors (Lipinski definition) is 1. The van der Waals surface area contributed by atoms with Crippen LogP contribution in [0.4, 0.5) is 11.6 Å². The summed E-state index contributed by atoms with van der Waals surface area (Å²) in [6, 6.07) is 7.52. The molecule has 23 heavy (non-hydrogen) atoms. The van der Waals surface area contributed by atoms with Gasteiger partial charge in [0, 0.05) is 12.0 Å². The zero-order chi connectivity index (χ0) is 16.4. The molecule has 0 atom stereocenters. The summed E-state index contributed by atoms with van der Waals surface area (Å²) in [5.74, 6) is 2.09. The summed E-state index contributed by atoms with van der Waals surface area (Å²) in [6.45, 7) is 6.40. The minimum Gasteiger partial charge on any atom is -0.324 e. The molecule has 120 valence electrons. The third-order valence-electron chi connectivity index (χ3n) is 4.17. The average molecular weight is 310 g/mol. The van der Waals surface area contributed by atoms with Crippen molar-refractivity contribution in [1.82, 2.24) is 20.0 Å². The summed E-state index contributed by atoms with van der Waals surface area (Å²) in [5, 5.41) is 24.9. The average Bonchev–Trinajstić information content (AvgIpc) is 3.16. The van der Waals surface area contributed by atoms with Crippen LogP contribution in [-0.2, 0) is 5.54 Å². The molecule has 3 rings (SSSR count). The predicted molar refractivity (Wildman–Crippen MR) is 88.5 cm³/mol. The Morgan fingerprint density at radius 1 is 1.22 bits per heavy atom. The van der Waals surface area contributed by atoms with E-state index in [0.29, 0.717) is 17.4 Å². The molecule has 0 unspecified atom stereocenters. The van der Waals surface area contributed by atoms with Gasteiger partial charge in [0.05, 0.1) is 11.2 Å². The lowest BCUT2D eigenvalue weighted by atomic mass is 10.0. The molecule has 1 aliphatic rings.